The van der Waals surface area contributed by atoms with E-state index in [-0.39, 0.29) is 5.02 Å². The molecule has 0 aliphatic carbocycles. The Labute approximate surface area is 107 Å². The fourth-order valence-corrected chi connectivity index (χ4v) is 2.18. The van der Waals surface area contributed by atoms with Crippen LogP contribution in [0.1, 0.15) is 5.01 Å². The molecule has 2 aromatic rings. The van der Waals surface area contributed by atoms with Crippen LogP contribution in [0.15, 0.2) is 23.7 Å². The monoisotopic (exact) mass is 271 g/mol. The van der Waals surface area contributed by atoms with Crippen molar-refractivity contribution in [3.8, 4) is 0 Å². The summed E-state index contributed by atoms with van der Waals surface area (Å²) in [6.07, 6.45) is 2.56. The molecular weight excluding hydrogens is 261 g/mol. The van der Waals surface area contributed by atoms with Gasteiger partial charge in [-0.1, -0.05) is 11.6 Å². The molecule has 6 heteroatoms. The van der Waals surface area contributed by atoms with Crippen molar-refractivity contribution in [1.29, 1.82) is 0 Å². The summed E-state index contributed by atoms with van der Waals surface area (Å²) in [4.78, 5) is 4.16. The van der Waals surface area contributed by atoms with E-state index in [2.05, 4.69) is 10.3 Å². The van der Waals surface area contributed by atoms with Gasteiger partial charge in [-0.25, -0.2) is 9.37 Å². The average molecular weight is 272 g/mol. The Kier molecular flexibility index (Phi) is 3.81. The van der Waals surface area contributed by atoms with Crippen LogP contribution in [0, 0.1) is 5.82 Å². The quantitative estimate of drug-likeness (QED) is 0.840. The van der Waals surface area contributed by atoms with Crippen LogP contribution in [-0.4, -0.2) is 11.5 Å². The molecule has 0 bridgehead atoms. The van der Waals surface area contributed by atoms with Crippen LogP contribution < -0.4 is 11.1 Å². The van der Waals surface area contributed by atoms with Crippen molar-refractivity contribution >= 4 is 34.3 Å². The average Bonchev–Trinajstić information content (AvgIpc) is 2.78. The zero-order valence-electron chi connectivity index (χ0n) is 8.91. The number of nitrogens with two attached hydrogens (primary N) is 1. The molecule has 2 rings (SSSR count). The SMILES string of the molecule is Nc1cc(F)c(Cl)cc1NCCc1nccs1. The number of aromatic nitrogens is 1. The number of nitrogens with one attached hydrogen (secondary N) is 1. The second-order valence-corrected chi connectivity index (χ2v) is 4.84. The van der Waals surface area contributed by atoms with E-state index in [1.165, 1.54) is 12.1 Å². The summed E-state index contributed by atoms with van der Waals surface area (Å²) >= 11 is 7.28. The largest absolute Gasteiger partial charge is 0.397 e. The summed E-state index contributed by atoms with van der Waals surface area (Å²) < 4.78 is 13.1. The van der Waals surface area contributed by atoms with Crippen LogP contribution in [0.3, 0.4) is 0 Å². The molecule has 17 heavy (non-hydrogen) atoms. The zero-order valence-corrected chi connectivity index (χ0v) is 10.5. The Bertz CT molecular complexity index is 502. The van der Waals surface area contributed by atoms with Crippen LogP contribution in [0.2, 0.25) is 5.02 Å². The highest BCUT2D eigenvalue weighted by molar-refractivity contribution is 7.09. The summed E-state index contributed by atoms with van der Waals surface area (Å²) in [5.74, 6) is -0.505. The normalized spacial score (nSPS) is 10.5. The lowest BCUT2D eigenvalue weighted by Crippen LogP contribution is -2.07. The van der Waals surface area contributed by atoms with Gasteiger partial charge in [-0.3, -0.25) is 0 Å². The first-order valence-corrected chi connectivity index (χ1v) is 6.29. The highest BCUT2D eigenvalue weighted by atomic mass is 35.5. The maximum Gasteiger partial charge on any atom is 0.143 e. The van der Waals surface area contributed by atoms with Crippen molar-refractivity contribution < 1.29 is 4.39 Å². The van der Waals surface area contributed by atoms with Gasteiger partial charge in [0.15, 0.2) is 0 Å². The summed E-state index contributed by atoms with van der Waals surface area (Å²) in [5.41, 5.74) is 6.67. The Balaban J connectivity index is 1.97. The first-order chi connectivity index (χ1) is 8.16. The van der Waals surface area contributed by atoms with Crippen molar-refractivity contribution in [2.45, 2.75) is 6.42 Å². The van der Waals surface area contributed by atoms with E-state index in [0.717, 1.165) is 11.4 Å². The number of benzene rings is 1. The lowest BCUT2D eigenvalue weighted by atomic mass is 10.2. The summed E-state index contributed by atoms with van der Waals surface area (Å²) in [5, 5.41) is 6.15. The van der Waals surface area contributed by atoms with Gasteiger partial charge in [-0.05, 0) is 6.07 Å². The minimum atomic E-state index is -0.505. The van der Waals surface area contributed by atoms with E-state index in [4.69, 9.17) is 17.3 Å². The number of halogens is 2. The third kappa shape index (κ3) is 3.08. The van der Waals surface area contributed by atoms with Crippen molar-refractivity contribution in [2.24, 2.45) is 0 Å². The highest BCUT2D eigenvalue weighted by Gasteiger charge is 2.05. The van der Waals surface area contributed by atoms with Gasteiger partial charge in [0.2, 0.25) is 0 Å². The molecule has 0 saturated heterocycles. The van der Waals surface area contributed by atoms with Gasteiger partial charge >= 0.3 is 0 Å². The Morgan fingerprint density at radius 1 is 1.47 bits per heavy atom. The first-order valence-electron chi connectivity index (χ1n) is 5.03. The van der Waals surface area contributed by atoms with Gasteiger partial charge in [-0.2, -0.15) is 0 Å². The minimum absolute atomic E-state index is 0.0657. The molecule has 3 nitrogen and oxygen atoms in total. The molecule has 0 aliphatic heterocycles. The number of hydrogen-bond acceptors (Lipinski definition) is 4. The summed E-state index contributed by atoms with van der Waals surface area (Å²) in [6.45, 7) is 0.680. The summed E-state index contributed by atoms with van der Waals surface area (Å²) in [7, 11) is 0. The van der Waals surface area contributed by atoms with Crippen LogP contribution >= 0.6 is 22.9 Å². The fraction of sp³-hybridized carbons (Fsp3) is 0.182. The second-order valence-electron chi connectivity index (χ2n) is 3.46. The molecule has 0 radical (unpaired) electrons. The van der Waals surface area contributed by atoms with Gasteiger partial charge < -0.3 is 11.1 Å². The third-order valence-electron chi connectivity index (χ3n) is 2.23. The van der Waals surface area contributed by atoms with E-state index in [9.17, 15) is 4.39 Å². The van der Waals surface area contributed by atoms with E-state index in [0.29, 0.717) is 17.9 Å². The number of nitrogen functional groups attached to an aromatic ring is 1. The topological polar surface area (TPSA) is 50.9 Å². The van der Waals surface area contributed by atoms with E-state index < -0.39 is 5.82 Å². The Hall–Kier alpha value is -1.33. The molecule has 0 aliphatic rings. The smallest absolute Gasteiger partial charge is 0.143 e. The molecule has 0 spiro atoms. The van der Waals surface area contributed by atoms with Crippen molar-refractivity contribution in [3.63, 3.8) is 0 Å². The molecule has 0 atom stereocenters. The standard InChI is InChI=1S/C11H11ClFN3S/c12-7-5-10(9(14)6-8(7)13)15-2-1-11-16-3-4-17-11/h3-6,15H,1-2,14H2. The predicted molar refractivity (Wildman–Crippen MR) is 70.1 cm³/mol. The molecule has 0 amide bonds. The maximum atomic E-state index is 13.1. The number of thiazole rings is 1. The molecule has 1 aromatic heterocycles. The molecule has 0 fully saturated rings. The fourth-order valence-electron chi connectivity index (χ4n) is 1.40. The van der Waals surface area contributed by atoms with E-state index in [1.54, 1.807) is 17.5 Å². The van der Waals surface area contributed by atoms with Gasteiger partial charge in [0, 0.05) is 30.6 Å². The lowest BCUT2D eigenvalue weighted by Gasteiger charge is -2.09. The van der Waals surface area contributed by atoms with Crippen LogP contribution in [0.25, 0.3) is 0 Å². The summed E-state index contributed by atoms with van der Waals surface area (Å²) in [6, 6.07) is 2.71. The molecule has 1 heterocycles. The van der Waals surface area contributed by atoms with Crippen LogP contribution in [0.5, 0.6) is 0 Å². The minimum Gasteiger partial charge on any atom is -0.397 e. The molecule has 90 valence electrons. The zero-order chi connectivity index (χ0) is 12.3. The van der Waals surface area contributed by atoms with Crippen molar-refractivity contribution in [1.82, 2.24) is 4.98 Å². The third-order valence-corrected chi connectivity index (χ3v) is 3.36. The van der Waals surface area contributed by atoms with Gasteiger partial charge in [0.05, 0.1) is 21.4 Å². The van der Waals surface area contributed by atoms with Gasteiger partial charge in [-0.15, -0.1) is 11.3 Å². The first kappa shape index (κ1) is 12.1. The van der Waals surface area contributed by atoms with Crippen LogP contribution in [0.4, 0.5) is 15.8 Å². The number of rotatable bonds is 4. The lowest BCUT2D eigenvalue weighted by molar-refractivity contribution is 0.629. The molecule has 1 aromatic carbocycles. The van der Waals surface area contributed by atoms with Gasteiger partial charge in [0.25, 0.3) is 0 Å². The molecule has 0 unspecified atom stereocenters. The van der Waals surface area contributed by atoms with E-state index >= 15 is 0 Å². The maximum absolute atomic E-state index is 13.1. The number of nitrogens with zero attached hydrogens (tertiary/aromatic N) is 1. The Morgan fingerprint density at radius 3 is 3.00 bits per heavy atom. The highest BCUT2D eigenvalue weighted by Crippen LogP contribution is 2.26. The van der Waals surface area contributed by atoms with Crippen molar-refractivity contribution in [3.05, 3.63) is 39.6 Å². The van der Waals surface area contributed by atoms with Gasteiger partial charge in [0.1, 0.15) is 5.82 Å². The van der Waals surface area contributed by atoms with E-state index in [1.807, 2.05) is 5.38 Å². The number of hydrogen-bond donors (Lipinski definition) is 2. The predicted octanol–water partition coefficient (Wildman–Crippen LogP) is 3.17. The molecule has 3 N–H and O–H groups in total. The van der Waals surface area contributed by atoms with Crippen molar-refractivity contribution in [2.75, 3.05) is 17.6 Å². The molecular formula is C11H11ClFN3S. The molecule has 0 saturated carbocycles. The number of anilines is 2. The second kappa shape index (κ2) is 5.33. The van der Waals surface area contributed by atoms with Crippen LogP contribution in [-0.2, 0) is 6.42 Å². The Morgan fingerprint density at radius 2 is 2.29 bits per heavy atom.